The van der Waals surface area contributed by atoms with Gasteiger partial charge in [0, 0.05) is 38.3 Å². The highest BCUT2D eigenvalue weighted by Crippen LogP contribution is 2.39. The lowest BCUT2D eigenvalue weighted by atomic mass is 9.70. The summed E-state index contributed by atoms with van der Waals surface area (Å²) in [6.45, 7) is 17.3. The second-order valence-corrected chi connectivity index (χ2v) is 8.69. The fourth-order valence-electron chi connectivity index (χ4n) is 3.84. The van der Waals surface area contributed by atoms with Crippen molar-refractivity contribution in [1.29, 1.82) is 0 Å². The van der Waals surface area contributed by atoms with E-state index in [-0.39, 0.29) is 6.10 Å². The van der Waals surface area contributed by atoms with Gasteiger partial charge in [0.1, 0.15) is 0 Å². The Balaban J connectivity index is 1.83. The largest absolute Gasteiger partial charge is 0.393 e. The van der Waals surface area contributed by atoms with Crippen molar-refractivity contribution in [3.63, 3.8) is 0 Å². The van der Waals surface area contributed by atoms with Crippen molar-refractivity contribution < 1.29 is 5.11 Å². The molecule has 0 aromatic heterocycles. The fourth-order valence-corrected chi connectivity index (χ4v) is 3.84. The monoisotopic (exact) mass is 282 g/mol. The van der Waals surface area contributed by atoms with Crippen LogP contribution in [0.15, 0.2) is 0 Å². The highest BCUT2D eigenvalue weighted by atomic mass is 16.3. The van der Waals surface area contributed by atoms with Gasteiger partial charge in [0.15, 0.2) is 0 Å². The minimum absolute atomic E-state index is 0.0799. The number of hydrogen-bond donors (Lipinski definition) is 1. The molecule has 2 unspecified atom stereocenters. The molecule has 1 N–H and O–H groups in total. The van der Waals surface area contributed by atoms with E-state index < -0.39 is 0 Å². The number of piperazine rings is 1. The van der Waals surface area contributed by atoms with Gasteiger partial charge in [0.25, 0.3) is 0 Å². The predicted octanol–water partition coefficient (Wildman–Crippen LogP) is 2.59. The molecule has 0 aromatic rings. The van der Waals surface area contributed by atoms with E-state index in [4.69, 9.17) is 0 Å². The van der Waals surface area contributed by atoms with Crippen LogP contribution in [0.5, 0.6) is 0 Å². The molecule has 0 amide bonds. The average Bonchev–Trinajstić information content (AvgIpc) is 2.33. The Hall–Kier alpha value is -0.120. The van der Waals surface area contributed by atoms with E-state index in [1.165, 1.54) is 12.8 Å². The van der Waals surface area contributed by atoms with Crippen molar-refractivity contribution >= 4 is 0 Å². The lowest BCUT2D eigenvalue weighted by molar-refractivity contribution is -0.0107. The molecule has 20 heavy (non-hydrogen) atoms. The first-order valence-electron chi connectivity index (χ1n) is 8.33. The molecular weight excluding hydrogens is 248 g/mol. The van der Waals surface area contributed by atoms with Crippen molar-refractivity contribution in [3.8, 4) is 0 Å². The topological polar surface area (TPSA) is 26.7 Å². The Bertz CT molecular complexity index is 313. The third kappa shape index (κ3) is 4.19. The lowest BCUT2D eigenvalue weighted by Crippen LogP contribution is -2.55. The maximum Gasteiger partial charge on any atom is 0.0581 e. The van der Waals surface area contributed by atoms with Crippen molar-refractivity contribution in [2.45, 2.75) is 65.5 Å². The second-order valence-electron chi connectivity index (χ2n) is 8.69. The van der Waals surface area contributed by atoms with Crippen LogP contribution in [0.4, 0.5) is 0 Å². The lowest BCUT2D eigenvalue weighted by Gasteiger charge is -2.45. The van der Waals surface area contributed by atoms with Gasteiger partial charge in [-0.15, -0.1) is 0 Å². The van der Waals surface area contributed by atoms with Gasteiger partial charge >= 0.3 is 0 Å². The number of hydrogen-bond acceptors (Lipinski definition) is 3. The van der Waals surface area contributed by atoms with Crippen LogP contribution in [0.2, 0.25) is 0 Å². The summed E-state index contributed by atoms with van der Waals surface area (Å²) in [5.41, 5.74) is 0.704. The molecule has 2 fully saturated rings. The molecule has 1 heterocycles. The third-order valence-corrected chi connectivity index (χ3v) is 5.29. The first-order valence-corrected chi connectivity index (χ1v) is 8.33. The first-order chi connectivity index (χ1) is 9.17. The van der Waals surface area contributed by atoms with Gasteiger partial charge in [-0.2, -0.15) is 0 Å². The Morgan fingerprint density at radius 2 is 1.70 bits per heavy atom. The van der Waals surface area contributed by atoms with Gasteiger partial charge in [-0.25, -0.2) is 0 Å². The van der Waals surface area contributed by atoms with Gasteiger partial charge in [-0.3, -0.25) is 4.90 Å². The van der Waals surface area contributed by atoms with Crippen LogP contribution in [0.1, 0.15) is 53.9 Å². The van der Waals surface area contributed by atoms with Crippen LogP contribution in [-0.2, 0) is 0 Å². The maximum absolute atomic E-state index is 10.3. The number of rotatable bonds is 2. The van der Waals surface area contributed by atoms with Gasteiger partial charge in [0.05, 0.1) is 6.10 Å². The first kappa shape index (κ1) is 16.3. The standard InChI is InChI=1S/C17H34N2O/c1-16(2,3)19-10-8-18(9-11-19)13-14-12-17(4,5)7-6-15(14)20/h14-15,20H,6-13H2,1-5H3. The van der Waals surface area contributed by atoms with Gasteiger partial charge in [-0.05, 0) is 51.4 Å². The molecule has 0 bridgehead atoms. The molecule has 118 valence electrons. The molecule has 0 radical (unpaired) electrons. The Labute approximate surface area is 125 Å². The van der Waals surface area contributed by atoms with E-state index in [2.05, 4.69) is 44.4 Å². The summed E-state index contributed by atoms with van der Waals surface area (Å²) < 4.78 is 0. The van der Waals surface area contributed by atoms with Crippen molar-refractivity contribution in [2.24, 2.45) is 11.3 Å². The van der Waals surface area contributed by atoms with Gasteiger partial charge < -0.3 is 10.0 Å². The van der Waals surface area contributed by atoms with E-state index in [1.807, 2.05) is 0 Å². The summed E-state index contributed by atoms with van der Waals surface area (Å²) in [6, 6.07) is 0. The molecule has 3 nitrogen and oxygen atoms in total. The molecule has 0 aromatic carbocycles. The summed E-state index contributed by atoms with van der Waals surface area (Å²) in [4.78, 5) is 5.14. The average molecular weight is 282 g/mol. The molecule has 2 aliphatic rings. The maximum atomic E-state index is 10.3. The minimum atomic E-state index is -0.0799. The molecule has 2 rings (SSSR count). The third-order valence-electron chi connectivity index (χ3n) is 5.29. The van der Waals surface area contributed by atoms with Crippen molar-refractivity contribution in [3.05, 3.63) is 0 Å². The highest BCUT2D eigenvalue weighted by molar-refractivity contribution is 4.88. The zero-order chi connectivity index (χ0) is 15.0. The zero-order valence-electron chi connectivity index (χ0n) is 14.2. The fraction of sp³-hybridized carbons (Fsp3) is 1.00. The van der Waals surface area contributed by atoms with Crippen LogP contribution in [-0.4, -0.2) is 59.3 Å². The summed E-state index contributed by atoms with van der Waals surface area (Å²) in [6.07, 6.45) is 3.25. The van der Waals surface area contributed by atoms with E-state index in [1.54, 1.807) is 0 Å². The van der Waals surface area contributed by atoms with Crippen LogP contribution in [0, 0.1) is 11.3 Å². The van der Waals surface area contributed by atoms with Gasteiger partial charge in [0.2, 0.25) is 0 Å². The number of nitrogens with zero attached hydrogens (tertiary/aromatic N) is 2. The molecule has 1 aliphatic heterocycles. The molecule has 1 aliphatic carbocycles. The Morgan fingerprint density at radius 1 is 1.10 bits per heavy atom. The quantitative estimate of drug-likeness (QED) is 0.843. The van der Waals surface area contributed by atoms with Crippen LogP contribution in [0.3, 0.4) is 0 Å². The van der Waals surface area contributed by atoms with Crippen LogP contribution < -0.4 is 0 Å². The predicted molar refractivity (Wildman–Crippen MR) is 84.9 cm³/mol. The van der Waals surface area contributed by atoms with Crippen molar-refractivity contribution in [2.75, 3.05) is 32.7 Å². The highest BCUT2D eigenvalue weighted by Gasteiger charge is 2.35. The summed E-state index contributed by atoms with van der Waals surface area (Å²) >= 11 is 0. The van der Waals surface area contributed by atoms with Crippen LogP contribution in [0.25, 0.3) is 0 Å². The summed E-state index contributed by atoms with van der Waals surface area (Å²) in [5, 5.41) is 10.3. The van der Waals surface area contributed by atoms with E-state index >= 15 is 0 Å². The zero-order valence-corrected chi connectivity index (χ0v) is 14.2. The second kappa shape index (κ2) is 5.94. The molecule has 2 atom stereocenters. The molecule has 1 saturated heterocycles. The van der Waals surface area contributed by atoms with Gasteiger partial charge in [-0.1, -0.05) is 13.8 Å². The summed E-state index contributed by atoms with van der Waals surface area (Å²) in [5.74, 6) is 0.472. The SMILES string of the molecule is CC1(C)CCC(O)C(CN2CCN(C(C)(C)C)CC2)C1. The number of aliphatic hydroxyl groups excluding tert-OH is 1. The van der Waals surface area contributed by atoms with E-state index in [0.29, 0.717) is 16.9 Å². The molecule has 1 saturated carbocycles. The van der Waals surface area contributed by atoms with E-state index in [0.717, 1.165) is 39.1 Å². The molecule has 3 heteroatoms. The Kier molecular flexibility index (Phi) is 4.83. The number of aliphatic hydroxyl groups is 1. The molecular formula is C17H34N2O. The normalized spacial score (nSPS) is 33.3. The Morgan fingerprint density at radius 3 is 2.25 bits per heavy atom. The molecule has 0 spiro atoms. The smallest absolute Gasteiger partial charge is 0.0581 e. The van der Waals surface area contributed by atoms with Crippen molar-refractivity contribution in [1.82, 2.24) is 9.80 Å². The van der Waals surface area contributed by atoms with E-state index in [9.17, 15) is 5.11 Å². The van der Waals surface area contributed by atoms with Crippen LogP contribution >= 0.6 is 0 Å². The minimum Gasteiger partial charge on any atom is -0.393 e. The summed E-state index contributed by atoms with van der Waals surface area (Å²) in [7, 11) is 0.